The Balaban J connectivity index is 2.86. The van der Waals surface area contributed by atoms with Crippen LogP contribution in [0.15, 0.2) is 24.3 Å². The Hall–Kier alpha value is -1.89. The van der Waals surface area contributed by atoms with Gasteiger partial charge in [0.25, 0.3) is 0 Å². The summed E-state index contributed by atoms with van der Waals surface area (Å²) in [6, 6.07) is 6.57. The van der Waals surface area contributed by atoms with Crippen LogP contribution in [0.2, 0.25) is 0 Å². The van der Waals surface area contributed by atoms with Crippen molar-refractivity contribution in [2.75, 3.05) is 0 Å². The minimum atomic E-state index is -4.45. The van der Waals surface area contributed by atoms with Crippen molar-refractivity contribution in [1.82, 2.24) is 4.57 Å². The maximum Gasteiger partial charge on any atom is 0.431 e. The molecule has 0 fully saturated rings. The van der Waals surface area contributed by atoms with Crippen molar-refractivity contribution in [2.45, 2.75) is 12.7 Å². The Morgan fingerprint density at radius 1 is 1.29 bits per heavy atom. The number of aromatic nitrogens is 1. The van der Waals surface area contributed by atoms with Crippen LogP contribution in [0.25, 0.3) is 10.9 Å². The molecule has 1 nitrogen and oxygen atoms in total. The monoisotopic (exact) mass is 236 g/mol. The first-order valence-corrected chi connectivity index (χ1v) is 4.90. The third kappa shape index (κ3) is 1.78. The Kier molecular flexibility index (Phi) is 2.62. The minimum Gasteiger partial charge on any atom is -0.325 e. The second-order valence-electron chi connectivity index (χ2n) is 3.63. The van der Waals surface area contributed by atoms with E-state index in [0.29, 0.717) is 10.9 Å². The van der Waals surface area contributed by atoms with Gasteiger partial charge in [-0.2, -0.15) is 13.2 Å². The lowest BCUT2D eigenvalue weighted by atomic mass is 10.1. The molecule has 0 aliphatic rings. The van der Waals surface area contributed by atoms with Gasteiger partial charge in [0.05, 0.1) is 6.54 Å². The molecule has 1 aromatic heterocycles. The number of hydrogen-bond acceptors (Lipinski definition) is 0. The van der Waals surface area contributed by atoms with Gasteiger partial charge >= 0.3 is 6.18 Å². The van der Waals surface area contributed by atoms with E-state index in [4.69, 9.17) is 6.42 Å². The van der Waals surface area contributed by atoms with Crippen LogP contribution in [0.1, 0.15) is 11.3 Å². The molecule has 0 aliphatic heterocycles. The molecule has 0 spiro atoms. The maximum absolute atomic E-state index is 12.9. The molecule has 0 N–H and O–H groups in total. The SMILES string of the molecule is C#CCn1c(C(F)(F)F)c([CH2])c2ccccc21. The van der Waals surface area contributed by atoms with Crippen molar-refractivity contribution in [3.8, 4) is 12.3 Å². The number of fused-ring (bicyclic) bond motifs is 1. The largest absolute Gasteiger partial charge is 0.431 e. The fourth-order valence-corrected chi connectivity index (χ4v) is 1.95. The summed E-state index contributed by atoms with van der Waals surface area (Å²) in [6.45, 7) is 3.39. The second kappa shape index (κ2) is 3.85. The fraction of sp³-hybridized carbons (Fsp3) is 0.154. The number of rotatable bonds is 1. The van der Waals surface area contributed by atoms with Crippen LogP contribution < -0.4 is 0 Å². The zero-order valence-electron chi connectivity index (χ0n) is 8.88. The molecule has 4 heteroatoms. The Morgan fingerprint density at radius 2 is 1.94 bits per heavy atom. The first kappa shape index (κ1) is 11.6. The first-order chi connectivity index (χ1) is 7.96. The number of nitrogens with zero attached hydrogens (tertiary/aromatic N) is 1. The van der Waals surface area contributed by atoms with Crippen LogP contribution >= 0.6 is 0 Å². The molecule has 0 saturated carbocycles. The average molecular weight is 236 g/mol. The van der Waals surface area contributed by atoms with Crippen molar-refractivity contribution in [1.29, 1.82) is 0 Å². The predicted molar refractivity (Wildman–Crippen MR) is 60.2 cm³/mol. The van der Waals surface area contributed by atoms with E-state index in [9.17, 15) is 13.2 Å². The van der Waals surface area contributed by atoms with Crippen LogP contribution in [-0.4, -0.2) is 4.57 Å². The Bertz CT molecular complexity index is 599. The van der Waals surface area contributed by atoms with E-state index < -0.39 is 11.9 Å². The second-order valence-corrected chi connectivity index (χ2v) is 3.63. The summed E-state index contributed by atoms with van der Waals surface area (Å²) < 4.78 is 39.9. The number of benzene rings is 1. The summed E-state index contributed by atoms with van der Waals surface area (Å²) >= 11 is 0. The van der Waals surface area contributed by atoms with Crippen LogP contribution in [0.3, 0.4) is 0 Å². The summed E-state index contributed by atoms with van der Waals surface area (Å²) in [5, 5.41) is 0.482. The van der Waals surface area contributed by atoms with E-state index in [1.165, 1.54) is 0 Å². The van der Waals surface area contributed by atoms with Crippen molar-refractivity contribution in [2.24, 2.45) is 0 Å². The van der Waals surface area contributed by atoms with E-state index in [2.05, 4.69) is 12.8 Å². The topological polar surface area (TPSA) is 4.93 Å². The van der Waals surface area contributed by atoms with Gasteiger partial charge in [0.1, 0.15) is 5.69 Å². The molecule has 0 aliphatic carbocycles. The van der Waals surface area contributed by atoms with Gasteiger partial charge in [-0.1, -0.05) is 24.1 Å². The van der Waals surface area contributed by atoms with E-state index in [0.717, 1.165) is 4.57 Å². The predicted octanol–water partition coefficient (Wildman–Crippen LogP) is 3.48. The van der Waals surface area contributed by atoms with Gasteiger partial charge in [-0.05, 0) is 18.6 Å². The summed E-state index contributed by atoms with van der Waals surface area (Å²) in [7, 11) is 0. The third-order valence-corrected chi connectivity index (χ3v) is 2.59. The van der Waals surface area contributed by atoms with Gasteiger partial charge in [-0.25, -0.2) is 0 Å². The molecular formula is C13H9F3N. The van der Waals surface area contributed by atoms with Crippen molar-refractivity contribution < 1.29 is 13.2 Å². The van der Waals surface area contributed by atoms with Crippen LogP contribution in [0.5, 0.6) is 0 Å². The standard InChI is InChI=1S/C13H9F3N/c1-3-8-17-11-7-5-4-6-10(11)9(2)12(17)13(14,15)16/h1,4-7H,2,8H2. The smallest absolute Gasteiger partial charge is 0.325 e. The normalized spacial score (nSPS) is 11.7. The lowest BCUT2D eigenvalue weighted by Gasteiger charge is -2.11. The Morgan fingerprint density at radius 3 is 2.53 bits per heavy atom. The van der Waals surface area contributed by atoms with E-state index in [-0.39, 0.29) is 12.1 Å². The fourth-order valence-electron chi connectivity index (χ4n) is 1.95. The van der Waals surface area contributed by atoms with Crippen molar-refractivity contribution in [3.05, 3.63) is 42.4 Å². The number of hydrogen-bond donors (Lipinski definition) is 0. The highest BCUT2D eigenvalue weighted by atomic mass is 19.4. The zero-order valence-corrected chi connectivity index (χ0v) is 8.88. The molecule has 87 valence electrons. The first-order valence-electron chi connectivity index (χ1n) is 4.90. The summed E-state index contributed by atoms with van der Waals surface area (Å²) in [4.78, 5) is 0. The lowest BCUT2D eigenvalue weighted by molar-refractivity contribution is -0.143. The highest BCUT2D eigenvalue weighted by molar-refractivity contribution is 5.86. The van der Waals surface area contributed by atoms with Gasteiger partial charge in [-0.15, -0.1) is 6.42 Å². The number of terminal acetylenes is 1. The van der Waals surface area contributed by atoms with Crippen LogP contribution in [0.4, 0.5) is 13.2 Å². The number of alkyl halides is 3. The molecule has 0 amide bonds. The summed E-state index contributed by atoms with van der Waals surface area (Å²) in [5.74, 6) is 2.24. The molecular weight excluding hydrogens is 227 g/mol. The average Bonchev–Trinajstić information content (AvgIpc) is 2.53. The van der Waals surface area contributed by atoms with E-state index in [1.807, 2.05) is 0 Å². The van der Waals surface area contributed by atoms with E-state index >= 15 is 0 Å². The van der Waals surface area contributed by atoms with Crippen LogP contribution in [-0.2, 0) is 12.7 Å². The molecule has 0 atom stereocenters. The lowest BCUT2D eigenvalue weighted by Crippen LogP contribution is -2.14. The zero-order chi connectivity index (χ0) is 12.6. The summed E-state index contributed by atoms with van der Waals surface area (Å²) in [5.41, 5.74) is -0.331. The summed E-state index contributed by atoms with van der Waals surface area (Å²) in [6.07, 6.45) is 0.663. The van der Waals surface area contributed by atoms with Gasteiger partial charge < -0.3 is 4.57 Å². The molecule has 2 rings (SSSR count). The minimum absolute atomic E-state index is 0.0247. The van der Waals surface area contributed by atoms with Crippen molar-refractivity contribution >= 4 is 10.9 Å². The number of para-hydroxylation sites is 1. The van der Waals surface area contributed by atoms with Gasteiger partial charge in [0.15, 0.2) is 0 Å². The molecule has 1 radical (unpaired) electrons. The molecule has 0 bridgehead atoms. The molecule has 0 unspecified atom stereocenters. The third-order valence-electron chi connectivity index (χ3n) is 2.59. The highest BCUT2D eigenvalue weighted by Crippen LogP contribution is 2.37. The molecule has 0 saturated heterocycles. The molecule has 1 aromatic carbocycles. The maximum atomic E-state index is 12.9. The van der Waals surface area contributed by atoms with Gasteiger partial charge in [-0.3, -0.25) is 0 Å². The molecule has 2 aromatic rings. The van der Waals surface area contributed by atoms with E-state index in [1.54, 1.807) is 24.3 Å². The quantitative estimate of drug-likeness (QED) is 0.668. The number of halogens is 3. The molecule has 1 heterocycles. The highest BCUT2D eigenvalue weighted by Gasteiger charge is 2.37. The Labute approximate surface area is 96.9 Å². The van der Waals surface area contributed by atoms with Gasteiger partial charge in [0.2, 0.25) is 0 Å². The van der Waals surface area contributed by atoms with Gasteiger partial charge in [0, 0.05) is 10.9 Å². The molecule has 17 heavy (non-hydrogen) atoms. The van der Waals surface area contributed by atoms with Crippen LogP contribution in [0, 0.1) is 19.3 Å². The van der Waals surface area contributed by atoms with Crippen molar-refractivity contribution in [3.63, 3.8) is 0 Å².